The highest BCUT2D eigenvalue weighted by Gasteiger charge is 2.54. The molecular weight excluding hydrogens is 648 g/mol. The van der Waals surface area contributed by atoms with Crippen LogP contribution in [0.4, 0.5) is 0 Å². The number of ether oxygens (including phenoxy) is 3. The Labute approximate surface area is 277 Å². The number of phenols is 6. The minimum absolute atomic E-state index is 0.256. The van der Waals surface area contributed by atoms with Gasteiger partial charge in [-0.25, -0.2) is 19.2 Å². The third kappa shape index (κ3) is 9.30. The first-order valence-electron chi connectivity index (χ1n) is 14.3. The molecule has 0 heterocycles. The summed E-state index contributed by atoms with van der Waals surface area (Å²) in [5, 5.41) is 78.4. The van der Waals surface area contributed by atoms with Crippen molar-refractivity contribution in [2.75, 3.05) is 0 Å². The Hall–Kier alpha value is -6.48. The molecule has 0 bridgehead atoms. The van der Waals surface area contributed by atoms with E-state index in [9.17, 15) is 60.0 Å². The number of esters is 3. The van der Waals surface area contributed by atoms with E-state index in [1.54, 1.807) is 0 Å². The van der Waals surface area contributed by atoms with Crippen LogP contribution in [0.1, 0.15) is 29.5 Å². The number of aliphatic carboxylic acids is 1. The maximum absolute atomic E-state index is 12.9. The average molecular weight is 679 g/mol. The molecule has 1 aliphatic rings. The fourth-order valence-electron chi connectivity index (χ4n) is 4.74. The predicted molar refractivity (Wildman–Crippen MR) is 168 cm³/mol. The van der Waals surface area contributed by atoms with E-state index in [1.165, 1.54) is 42.5 Å². The molecule has 4 rings (SSSR count). The van der Waals surface area contributed by atoms with Gasteiger partial charge in [-0.1, -0.05) is 18.2 Å². The summed E-state index contributed by atoms with van der Waals surface area (Å²) in [5.41, 5.74) is -1.85. The first-order chi connectivity index (χ1) is 23.1. The standard InChI is InChI=1S/C34H30O15/c35-21-7-1-18(13-24(21)38)4-10-29(41)47-27-16-34(46,33(44)45)17-28(48-30(42)11-5-19-2-8-22(36)25(39)14-19)32(27)49-31(43)12-6-20-3-9-23(37)26(40)15-20/h1-15,27-28,32,35-40,46H,16-17H2,(H,44,45)/t27-,28-,32?,34?/m1/s1. The number of phenolic OH excluding ortho intramolecular Hbond substituents is 6. The normalized spacial score (nSPS) is 20.7. The van der Waals surface area contributed by atoms with Crippen molar-refractivity contribution < 1.29 is 74.2 Å². The molecule has 8 N–H and O–H groups in total. The molecule has 0 spiro atoms. The van der Waals surface area contributed by atoms with Crippen molar-refractivity contribution >= 4 is 42.1 Å². The molecular formula is C34H30O15. The fourth-order valence-corrected chi connectivity index (χ4v) is 4.74. The highest BCUT2D eigenvalue weighted by atomic mass is 16.6. The third-order valence-corrected chi connectivity index (χ3v) is 7.23. The Morgan fingerprint density at radius 1 is 0.551 bits per heavy atom. The van der Waals surface area contributed by atoms with Gasteiger partial charge in [0.05, 0.1) is 0 Å². The molecule has 0 radical (unpaired) electrons. The lowest BCUT2D eigenvalue weighted by atomic mass is 9.79. The van der Waals surface area contributed by atoms with Gasteiger partial charge in [0.25, 0.3) is 0 Å². The molecule has 1 aliphatic carbocycles. The van der Waals surface area contributed by atoms with E-state index < -0.39 is 95.1 Å². The van der Waals surface area contributed by atoms with Gasteiger partial charge in [0.1, 0.15) is 12.2 Å². The van der Waals surface area contributed by atoms with Crippen molar-refractivity contribution in [3.8, 4) is 34.5 Å². The maximum Gasteiger partial charge on any atom is 0.335 e. The largest absolute Gasteiger partial charge is 0.504 e. The smallest absolute Gasteiger partial charge is 0.335 e. The topological polar surface area (TPSA) is 258 Å². The highest BCUT2D eigenvalue weighted by Crippen LogP contribution is 2.36. The zero-order chi connectivity index (χ0) is 35.9. The number of hydrogen-bond acceptors (Lipinski definition) is 14. The summed E-state index contributed by atoms with van der Waals surface area (Å²) in [6, 6.07) is 11.0. The van der Waals surface area contributed by atoms with E-state index in [0.717, 1.165) is 48.6 Å². The molecule has 15 heteroatoms. The van der Waals surface area contributed by atoms with Crippen LogP contribution in [-0.2, 0) is 33.4 Å². The van der Waals surface area contributed by atoms with E-state index in [4.69, 9.17) is 14.2 Å². The minimum atomic E-state index is -2.63. The third-order valence-electron chi connectivity index (χ3n) is 7.23. The average Bonchev–Trinajstić information content (AvgIpc) is 3.04. The number of carbonyl (C=O) groups is 4. The van der Waals surface area contributed by atoms with Gasteiger partial charge in [0.2, 0.25) is 0 Å². The summed E-state index contributed by atoms with van der Waals surface area (Å²) in [6.45, 7) is 0. The van der Waals surface area contributed by atoms with Gasteiger partial charge in [-0.15, -0.1) is 0 Å². The lowest BCUT2D eigenvalue weighted by molar-refractivity contribution is -0.211. The van der Waals surface area contributed by atoms with Crippen molar-refractivity contribution in [1.29, 1.82) is 0 Å². The number of carboxylic acid groups (broad SMARTS) is 1. The number of carbonyl (C=O) groups excluding carboxylic acids is 3. The van der Waals surface area contributed by atoms with Crippen LogP contribution in [0, 0.1) is 0 Å². The molecule has 3 aromatic rings. The van der Waals surface area contributed by atoms with Gasteiger partial charge in [-0.05, 0) is 71.3 Å². The second-order valence-corrected chi connectivity index (χ2v) is 10.8. The lowest BCUT2D eigenvalue weighted by Gasteiger charge is -2.41. The second kappa shape index (κ2) is 15.0. The predicted octanol–water partition coefficient (Wildman–Crippen LogP) is 2.71. The Balaban J connectivity index is 1.62. The van der Waals surface area contributed by atoms with E-state index >= 15 is 0 Å². The first-order valence-corrected chi connectivity index (χ1v) is 14.3. The quantitative estimate of drug-likeness (QED) is 0.0664. The zero-order valence-corrected chi connectivity index (χ0v) is 25.2. The van der Waals surface area contributed by atoms with Crippen molar-refractivity contribution in [3.63, 3.8) is 0 Å². The van der Waals surface area contributed by atoms with Crippen LogP contribution in [-0.4, -0.2) is 88.6 Å². The summed E-state index contributed by atoms with van der Waals surface area (Å²) in [7, 11) is 0. The number of hydrogen-bond donors (Lipinski definition) is 8. The van der Waals surface area contributed by atoms with E-state index in [1.807, 2.05) is 0 Å². The maximum atomic E-state index is 12.9. The van der Waals surface area contributed by atoms with Gasteiger partial charge in [-0.3, -0.25) is 0 Å². The summed E-state index contributed by atoms with van der Waals surface area (Å²) in [4.78, 5) is 50.8. The number of rotatable bonds is 10. The first kappa shape index (κ1) is 35.4. The lowest BCUT2D eigenvalue weighted by Crippen LogP contribution is -2.59. The number of carboxylic acids is 1. The minimum Gasteiger partial charge on any atom is -0.504 e. The number of aromatic hydroxyl groups is 6. The van der Waals surface area contributed by atoms with Crippen molar-refractivity contribution in [3.05, 3.63) is 89.5 Å². The highest BCUT2D eigenvalue weighted by molar-refractivity contribution is 5.89. The number of benzene rings is 3. The summed E-state index contributed by atoms with van der Waals surface area (Å²) in [6.07, 6.45) is -0.436. The molecule has 0 unspecified atom stereocenters. The van der Waals surface area contributed by atoms with Crippen molar-refractivity contribution in [1.82, 2.24) is 0 Å². The molecule has 2 atom stereocenters. The monoisotopic (exact) mass is 678 g/mol. The second-order valence-electron chi connectivity index (χ2n) is 10.8. The molecule has 49 heavy (non-hydrogen) atoms. The molecule has 3 aromatic carbocycles. The van der Waals surface area contributed by atoms with E-state index in [-0.39, 0.29) is 16.7 Å². The van der Waals surface area contributed by atoms with E-state index in [2.05, 4.69) is 0 Å². The Kier molecular flexibility index (Phi) is 10.8. The van der Waals surface area contributed by atoms with Crippen LogP contribution in [0.5, 0.6) is 34.5 Å². The van der Waals surface area contributed by atoms with Gasteiger partial charge < -0.3 is 55.1 Å². The molecule has 15 nitrogen and oxygen atoms in total. The molecule has 0 aromatic heterocycles. The molecule has 0 saturated heterocycles. The van der Waals surface area contributed by atoms with Gasteiger partial charge in [-0.2, -0.15) is 0 Å². The molecule has 0 aliphatic heterocycles. The van der Waals surface area contributed by atoms with Crippen LogP contribution in [0.3, 0.4) is 0 Å². The van der Waals surface area contributed by atoms with Crippen molar-refractivity contribution in [2.45, 2.75) is 36.8 Å². The van der Waals surface area contributed by atoms with Crippen LogP contribution >= 0.6 is 0 Å². The SMILES string of the molecule is O=C(C=Cc1ccc(O)c(O)c1)OC1[C@H](OC(=O)C=Cc2ccc(O)c(O)c2)CC(O)(C(=O)O)C[C@H]1OC(=O)C=Cc1ccc(O)c(O)c1. The Morgan fingerprint density at radius 3 is 1.18 bits per heavy atom. The van der Waals surface area contributed by atoms with Crippen LogP contribution < -0.4 is 0 Å². The number of aliphatic hydroxyl groups is 1. The van der Waals surface area contributed by atoms with Crippen LogP contribution in [0.2, 0.25) is 0 Å². The summed E-state index contributed by atoms with van der Waals surface area (Å²) in [5.74, 6) is -7.71. The Bertz CT molecular complexity index is 1760. The molecule has 0 amide bonds. The van der Waals surface area contributed by atoms with Gasteiger partial charge >= 0.3 is 23.9 Å². The fraction of sp³-hybridized carbons (Fsp3) is 0.176. The Morgan fingerprint density at radius 2 is 0.878 bits per heavy atom. The molecule has 1 saturated carbocycles. The zero-order valence-electron chi connectivity index (χ0n) is 25.2. The van der Waals surface area contributed by atoms with Crippen LogP contribution in [0.25, 0.3) is 18.2 Å². The molecule has 256 valence electrons. The summed E-state index contributed by atoms with van der Waals surface area (Å²) >= 11 is 0. The van der Waals surface area contributed by atoms with Gasteiger partial charge in [0, 0.05) is 31.1 Å². The van der Waals surface area contributed by atoms with Gasteiger partial charge in [0.15, 0.2) is 46.2 Å². The molecule has 1 fully saturated rings. The van der Waals surface area contributed by atoms with E-state index in [0.29, 0.717) is 0 Å². The summed E-state index contributed by atoms with van der Waals surface area (Å²) < 4.78 is 16.3. The van der Waals surface area contributed by atoms with Crippen LogP contribution in [0.15, 0.2) is 72.8 Å². The van der Waals surface area contributed by atoms with Crippen molar-refractivity contribution in [2.24, 2.45) is 0 Å².